The number of aromatic nitrogens is 2. The van der Waals surface area contributed by atoms with Crippen LogP contribution in [-0.4, -0.2) is 40.3 Å². The molecule has 0 radical (unpaired) electrons. The summed E-state index contributed by atoms with van der Waals surface area (Å²) in [6, 6.07) is 15.8. The zero-order valence-electron chi connectivity index (χ0n) is 19.4. The van der Waals surface area contributed by atoms with Crippen LogP contribution in [0.15, 0.2) is 60.9 Å². The molecule has 2 N–H and O–H groups in total. The van der Waals surface area contributed by atoms with Crippen LogP contribution in [0.25, 0.3) is 0 Å². The van der Waals surface area contributed by atoms with Crippen LogP contribution in [-0.2, 0) is 4.79 Å². The molecule has 1 aromatic heterocycles. The minimum Gasteiger partial charge on any atom is -0.422 e. The van der Waals surface area contributed by atoms with Crippen LogP contribution in [0.2, 0.25) is 5.02 Å². The fourth-order valence-electron chi connectivity index (χ4n) is 4.34. The van der Waals surface area contributed by atoms with Gasteiger partial charge in [-0.25, -0.2) is 9.78 Å². The first kappa shape index (κ1) is 24.5. The third-order valence-corrected chi connectivity index (χ3v) is 6.47. The van der Waals surface area contributed by atoms with Gasteiger partial charge in [-0.3, -0.25) is 9.59 Å². The van der Waals surface area contributed by atoms with E-state index < -0.39 is 11.9 Å². The van der Waals surface area contributed by atoms with E-state index in [2.05, 4.69) is 15.3 Å². The van der Waals surface area contributed by atoms with Gasteiger partial charge in [0.25, 0.3) is 5.91 Å². The summed E-state index contributed by atoms with van der Waals surface area (Å²) < 4.78 is 5.30. The number of hydrogen-bond donors (Lipinski definition) is 2. The normalized spacial score (nSPS) is 17.4. The molecular formula is C26H27ClN4O4. The molecule has 0 saturated heterocycles. The molecule has 9 heteroatoms. The molecule has 0 aliphatic heterocycles. The molecule has 182 valence electrons. The highest BCUT2D eigenvalue weighted by molar-refractivity contribution is 6.33. The number of ether oxygens (including phenoxy) is 1. The zero-order valence-corrected chi connectivity index (χ0v) is 20.1. The summed E-state index contributed by atoms with van der Waals surface area (Å²) >= 11 is 6.31. The lowest BCUT2D eigenvalue weighted by molar-refractivity contribution is -0.123. The third-order valence-electron chi connectivity index (χ3n) is 6.15. The highest BCUT2D eigenvalue weighted by Crippen LogP contribution is 2.31. The smallest absolute Gasteiger partial charge is 0.364 e. The lowest BCUT2D eigenvalue weighted by atomic mass is 9.85. The maximum absolute atomic E-state index is 13.2. The summed E-state index contributed by atoms with van der Waals surface area (Å²) in [7, 11) is 0. The number of rotatable bonds is 7. The molecular weight excluding hydrogens is 468 g/mol. The standard InChI is InChI=1S/C26H27ClN4O4/c1-2-31(21-11-7-6-10-20(21)27)25(33)17-12-14-18(15-13-17)30-24(32)22-23(29-16-28-22)26(34)35-19-8-4-3-5-9-19/h3-11,16-18H,2,12-15H2,1H3,(H,28,29)(H,30,32)/t17-,18-. The van der Waals surface area contributed by atoms with Crippen molar-refractivity contribution in [3.05, 3.63) is 77.3 Å². The summed E-state index contributed by atoms with van der Waals surface area (Å²) in [5.74, 6) is -0.861. The fourth-order valence-corrected chi connectivity index (χ4v) is 4.58. The minimum absolute atomic E-state index is 0.0462. The molecule has 0 bridgehead atoms. The topological polar surface area (TPSA) is 104 Å². The molecule has 0 spiro atoms. The first-order chi connectivity index (χ1) is 17.0. The molecule has 35 heavy (non-hydrogen) atoms. The van der Waals surface area contributed by atoms with Gasteiger partial charge in [0.2, 0.25) is 5.91 Å². The van der Waals surface area contributed by atoms with Crippen molar-refractivity contribution < 1.29 is 19.1 Å². The molecule has 8 nitrogen and oxygen atoms in total. The predicted molar refractivity (Wildman–Crippen MR) is 133 cm³/mol. The molecule has 2 amide bonds. The number of para-hydroxylation sites is 2. The first-order valence-corrected chi connectivity index (χ1v) is 12.0. The van der Waals surface area contributed by atoms with Crippen LogP contribution in [0, 0.1) is 5.92 Å². The van der Waals surface area contributed by atoms with Crippen LogP contribution >= 0.6 is 11.6 Å². The van der Waals surface area contributed by atoms with Crippen molar-refractivity contribution in [2.45, 2.75) is 38.6 Å². The Bertz CT molecular complexity index is 1190. The number of H-pyrrole nitrogens is 1. The molecule has 2 aromatic carbocycles. The number of halogens is 1. The van der Waals surface area contributed by atoms with Gasteiger partial charge < -0.3 is 19.9 Å². The average Bonchev–Trinajstić information content (AvgIpc) is 3.37. The van der Waals surface area contributed by atoms with E-state index in [1.807, 2.05) is 31.2 Å². The molecule has 1 saturated carbocycles. The summed E-state index contributed by atoms with van der Waals surface area (Å²) in [4.78, 5) is 47.0. The summed E-state index contributed by atoms with van der Waals surface area (Å²) in [5.41, 5.74) is 0.694. The Morgan fingerprint density at radius 2 is 1.74 bits per heavy atom. The maximum Gasteiger partial charge on any atom is 0.364 e. The van der Waals surface area contributed by atoms with Crippen molar-refractivity contribution in [1.29, 1.82) is 0 Å². The van der Waals surface area contributed by atoms with Crippen LogP contribution < -0.4 is 15.0 Å². The highest BCUT2D eigenvalue weighted by atomic mass is 35.5. The number of esters is 1. The lowest BCUT2D eigenvalue weighted by Crippen LogP contribution is -2.42. The lowest BCUT2D eigenvalue weighted by Gasteiger charge is -2.32. The van der Waals surface area contributed by atoms with E-state index in [-0.39, 0.29) is 29.3 Å². The molecule has 4 rings (SSSR count). The fraction of sp³-hybridized carbons (Fsp3) is 0.308. The number of nitrogens with zero attached hydrogens (tertiary/aromatic N) is 2. The largest absolute Gasteiger partial charge is 0.422 e. The average molecular weight is 495 g/mol. The number of anilines is 1. The van der Waals surface area contributed by atoms with Gasteiger partial charge in [-0.2, -0.15) is 0 Å². The van der Waals surface area contributed by atoms with Crippen molar-refractivity contribution in [2.75, 3.05) is 11.4 Å². The SMILES string of the molecule is CCN(c1ccccc1Cl)C(=O)[C@H]1CC[C@H](NC(=O)c2[nH]cnc2C(=O)Oc2ccccc2)CC1. The van der Waals surface area contributed by atoms with Crippen LogP contribution in [0.3, 0.4) is 0 Å². The molecule has 0 atom stereocenters. The molecule has 3 aromatic rings. The van der Waals surface area contributed by atoms with Crippen LogP contribution in [0.4, 0.5) is 5.69 Å². The molecule has 1 fully saturated rings. The van der Waals surface area contributed by atoms with Gasteiger partial charge >= 0.3 is 5.97 Å². The second kappa shape index (κ2) is 11.2. The quantitative estimate of drug-likeness (QED) is 0.368. The van der Waals surface area contributed by atoms with Crippen LogP contribution in [0.5, 0.6) is 5.75 Å². The monoisotopic (exact) mass is 494 g/mol. The van der Waals surface area contributed by atoms with E-state index in [1.165, 1.54) is 6.33 Å². The van der Waals surface area contributed by atoms with Gasteiger partial charge in [0, 0.05) is 18.5 Å². The number of carbonyl (C=O) groups is 3. The van der Waals surface area contributed by atoms with Gasteiger partial charge in [-0.1, -0.05) is 41.9 Å². The third kappa shape index (κ3) is 5.71. The summed E-state index contributed by atoms with van der Waals surface area (Å²) in [6.07, 6.45) is 3.90. The Balaban J connectivity index is 1.34. The van der Waals surface area contributed by atoms with Crippen molar-refractivity contribution in [3.63, 3.8) is 0 Å². The minimum atomic E-state index is -0.712. The zero-order chi connectivity index (χ0) is 24.8. The number of carbonyl (C=O) groups excluding carboxylic acids is 3. The van der Waals surface area contributed by atoms with E-state index in [1.54, 1.807) is 35.2 Å². The van der Waals surface area contributed by atoms with E-state index >= 15 is 0 Å². The van der Waals surface area contributed by atoms with E-state index in [4.69, 9.17) is 16.3 Å². The molecule has 0 unspecified atom stereocenters. The van der Waals surface area contributed by atoms with Crippen molar-refractivity contribution >= 4 is 35.1 Å². The summed E-state index contributed by atoms with van der Waals surface area (Å²) in [5, 5.41) is 3.51. The van der Waals surface area contributed by atoms with E-state index in [0.29, 0.717) is 48.7 Å². The number of imidazole rings is 1. The van der Waals surface area contributed by atoms with Crippen molar-refractivity contribution in [2.24, 2.45) is 5.92 Å². The first-order valence-electron chi connectivity index (χ1n) is 11.6. The number of hydrogen-bond acceptors (Lipinski definition) is 5. The number of amides is 2. The Labute approximate surface area is 208 Å². The Morgan fingerprint density at radius 1 is 1.06 bits per heavy atom. The Morgan fingerprint density at radius 3 is 2.43 bits per heavy atom. The molecule has 1 heterocycles. The summed E-state index contributed by atoms with van der Waals surface area (Å²) in [6.45, 7) is 2.46. The second-order valence-electron chi connectivity index (χ2n) is 8.38. The predicted octanol–water partition coefficient (Wildman–Crippen LogP) is 4.62. The van der Waals surface area contributed by atoms with Gasteiger partial charge in [0.1, 0.15) is 11.4 Å². The number of nitrogens with one attached hydrogen (secondary N) is 2. The van der Waals surface area contributed by atoms with Gasteiger partial charge in [0.15, 0.2) is 5.69 Å². The number of benzene rings is 2. The van der Waals surface area contributed by atoms with Gasteiger partial charge in [-0.15, -0.1) is 0 Å². The second-order valence-corrected chi connectivity index (χ2v) is 8.79. The van der Waals surface area contributed by atoms with E-state index in [0.717, 1.165) is 0 Å². The van der Waals surface area contributed by atoms with Crippen molar-refractivity contribution in [3.8, 4) is 5.75 Å². The number of aromatic amines is 1. The maximum atomic E-state index is 13.2. The Hall–Kier alpha value is -3.65. The van der Waals surface area contributed by atoms with Gasteiger partial charge in [0.05, 0.1) is 17.0 Å². The van der Waals surface area contributed by atoms with Crippen LogP contribution in [0.1, 0.15) is 53.6 Å². The van der Waals surface area contributed by atoms with E-state index in [9.17, 15) is 14.4 Å². The van der Waals surface area contributed by atoms with Crippen molar-refractivity contribution in [1.82, 2.24) is 15.3 Å². The van der Waals surface area contributed by atoms with Gasteiger partial charge in [-0.05, 0) is 56.9 Å². The Kier molecular flexibility index (Phi) is 7.82. The molecule has 1 aliphatic carbocycles. The molecule has 1 aliphatic rings. The highest BCUT2D eigenvalue weighted by Gasteiger charge is 2.32.